The van der Waals surface area contributed by atoms with Crippen molar-refractivity contribution in [1.29, 1.82) is 0 Å². The van der Waals surface area contributed by atoms with Gasteiger partial charge in [-0.1, -0.05) is 25.8 Å². The highest BCUT2D eigenvalue weighted by molar-refractivity contribution is 5.80. The topological polar surface area (TPSA) is 41.6 Å². The third kappa shape index (κ3) is 2.23. The molecule has 1 fully saturated rings. The smallest absolute Gasteiger partial charge is 0.191 e. The van der Waals surface area contributed by atoms with Gasteiger partial charge in [0.25, 0.3) is 0 Å². The molecule has 0 aromatic heterocycles. The molecule has 3 nitrogen and oxygen atoms in total. The first-order chi connectivity index (χ1) is 7.72. The van der Waals surface area contributed by atoms with Crippen molar-refractivity contribution in [3.8, 4) is 0 Å². The van der Waals surface area contributed by atoms with E-state index in [-0.39, 0.29) is 0 Å². The third-order valence-electron chi connectivity index (χ3n) is 4.07. The molecule has 0 aromatic carbocycles. The number of nitrogens with two attached hydrogens (primary N) is 1. The molecule has 0 aromatic rings. The van der Waals surface area contributed by atoms with Crippen LogP contribution in [0.15, 0.2) is 17.6 Å². The number of nitrogens with zero attached hydrogens (tertiary/aromatic N) is 2. The van der Waals surface area contributed by atoms with Crippen molar-refractivity contribution in [3.05, 3.63) is 12.7 Å². The first-order valence-electron chi connectivity index (χ1n) is 6.39. The standard InChI is InChI=1S/C13H23N3/c1-3-8-16-12(9-15-13(16)14)11-6-4-10(2)5-7-11/h3,10-12H,1,4-9H2,2H3,(H2,14,15). The van der Waals surface area contributed by atoms with Gasteiger partial charge >= 0.3 is 0 Å². The summed E-state index contributed by atoms with van der Waals surface area (Å²) in [7, 11) is 0. The van der Waals surface area contributed by atoms with Gasteiger partial charge in [-0.2, -0.15) is 0 Å². The van der Waals surface area contributed by atoms with Gasteiger partial charge in [0.2, 0.25) is 0 Å². The lowest BCUT2D eigenvalue weighted by Gasteiger charge is -2.35. The second-order valence-corrected chi connectivity index (χ2v) is 5.23. The van der Waals surface area contributed by atoms with Crippen LogP contribution in [0.1, 0.15) is 32.6 Å². The fourth-order valence-electron chi connectivity index (χ4n) is 2.99. The summed E-state index contributed by atoms with van der Waals surface area (Å²) in [6, 6.07) is 0.533. The molecule has 2 aliphatic rings. The highest BCUT2D eigenvalue weighted by atomic mass is 15.3. The Kier molecular flexibility index (Phi) is 3.52. The molecule has 16 heavy (non-hydrogen) atoms. The maximum Gasteiger partial charge on any atom is 0.191 e. The first-order valence-corrected chi connectivity index (χ1v) is 6.39. The second-order valence-electron chi connectivity index (χ2n) is 5.23. The molecule has 1 atom stereocenters. The van der Waals surface area contributed by atoms with E-state index in [2.05, 4.69) is 23.4 Å². The maximum atomic E-state index is 5.92. The van der Waals surface area contributed by atoms with Crippen LogP contribution in [0.2, 0.25) is 0 Å². The molecule has 0 bridgehead atoms. The Labute approximate surface area is 98.4 Å². The van der Waals surface area contributed by atoms with E-state index in [1.807, 2.05) is 6.08 Å². The van der Waals surface area contributed by atoms with Crippen molar-refractivity contribution in [2.75, 3.05) is 13.1 Å². The minimum Gasteiger partial charge on any atom is -0.370 e. The van der Waals surface area contributed by atoms with Crippen LogP contribution in [0, 0.1) is 11.8 Å². The van der Waals surface area contributed by atoms with Crippen molar-refractivity contribution >= 4 is 5.96 Å². The summed E-state index contributed by atoms with van der Waals surface area (Å²) in [5.41, 5.74) is 5.92. The molecule has 0 amide bonds. The molecule has 3 heteroatoms. The Balaban J connectivity index is 1.96. The summed E-state index contributed by atoms with van der Waals surface area (Å²) < 4.78 is 0. The van der Waals surface area contributed by atoms with Gasteiger partial charge in [-0.05, 0) is 24.7 Å². The molecular formula is C13H23N3. The molecular weight excluding hydrogens is 198 g/mol. The van der Waals surface area contributed by atoms with E-state index in [1.165, 1.54) is 25.7 Å². The lowest BCUT2D eigenvalue weighted by atomic mass is 9.79. The van der Waals surface area contributed by atoms with Crippen LogP contribution in [-0.2, 0) is 0 Å². The van der Waals surface area contributed by atoms with E-state index in [0.29, 0.717) is 12.0 Å². The number of aliphatic imine (C=N–C) groups is 1. The zero-order chi connectivity index (χ0) is 11.5. The Morgan fingerprint density at radius 2 is 2.12 bits per heavy atom. The van der Waals surface area contributed by atoms with Gasteiger partial charge in [-0.15, -0.1) is 6.58 Å². The molecule has 0 spiro atoms. The lowest BCUT2D eigenvalue weighted by Crippen LogP contribution is -2.45. The Hall–Kier alpha value is -0.990. The van der Waals surface area contributed by atoms with Crippen molar-refractivity contribution in [1.82, 2.24) is 4.90 Å². The van der Waals surface area contributed by atoms with Gasteiger partial charge in [0, 0.05) is 6.54 Å². The average molecular weight is 221 g/mol. The van der Waals surface area contributed by atoms with Crippen LogP contribution in [0.3, 0.4) is 0 Å². The van der Waals surface area contributed by atoms with Gasteiger partial charge in [0.1, 0.15) is 0 Å². The molecule has 0 radical (unpaired) electrons. The van der Waals surface area contributed by atoms with Gasteiger partial charge < -0.3 is 10.6 Å². The van der Waals surface area contributed by atoms with Crippen molar-refractivity contribution in [3.63, 3.8) is 0 Å². The zero-order valence-electron chi connectivity index (χ0n) is 10.2. The molecule has 1 unspecified atom stereocenters. The Bertz CT molecular complexity index is 277. The predicted octanol–water partition coefficient (Wildman–Crippen LogP) is 2.00. The number of rotatable bonds is 3. The SMILES string of the molecule is C=CCN1C(N)=NCC1C1CCC(C)CC1. The van der Waals surface area contributed by atoms with E-state index in [0.717, 1.165) is 24.9 Å². The van der Waals surface area contributed by atoms with Gasteiger partial charge in [-0.25, -0.2) is 0 Å². The molecule has 1 saturated carbocycles. The van der Waals surface area contributed by atoms with E-state index >= 15 is 0 Å². The van der Waals surface area contributed by atoms with Crippen LogP contribution in [-0.4, -0.2) is 30.0 Å². The molecule has 1 aliphatic carbocycles. The summed E-state index contributed by atoms with van der Waals surface area (Å²) in [6.07, 6.45) is 7.32. The zero-order valence-corrected chi connectivity index (χ0v) is 10.2. The van der Waals surface area contributed by atoms with Gasteiger partial charge in [-0.3, -0.25) is 4.99 Å². The molecule has 1 heterocycles. The third-order valence-corrected chi connectivity index (χ3v) is 4.07. The highest BCUT2D eigenvalue weighted by Crippen LogP contribution is 2.33. The van der Waals surface area contributed by atoms with Gasteiger partial charge in [0.05, 0.1) is 12.6 Å². The summed E-state index contributed by atoms with van der Waals surface area (Å²) >= 11 is 0. The number of hydrogen-bond acceptors (Lipinski definition) is 3. The monoisotopic (exact) mass is 221 g/mol. The molecule has 90 valence electrons. The van der Waals surface area contributed by atoms with E-state index in [9.17, 15) is 0 Å². The predicted molar refractivity (Wildman–Crippen MR) is 68.3 cm³/mol. The minimum absolute atomic E-state index is 0.533. The summed E-state index contributed by atoms with van der Waals surface area (Å²) in [6.45, 7) is 7.88. The van der Waals surface area contributed by atoms with Crippen molar-refractivity contribution < 1.29 is 0 Å². The van der Waals surface area contributed by atoms with Crippen LogP contribution < -0.4 is 5.73 Å². The number of guanidine groups is 1. The average Bonchev–Trinajstić information content (AvgIpc) is 2.63. The summed E-state index contributed by atoms with van der Waals surface area (Å²) in [5.74, 6) is 2.40. The molecule has 2 rings (SSSR count). The Morgan fingerprint density at radius 3 is 2.75 bits per heavy atom. The van der Waals surface area contributed by atoms with Crippen LogP contribution >= 0.6 is 0 Å². The Morgan fingerprint density at radius 1 is 1.44 bits per heavy atom. The molecule has 0 saturated heterocycles. The van der Waals surface area contributed by atoms with E-state index in [4.69, 9.17) is 5.73 Å². The summed E-state index contributed by atoms with van der Waals surface area (Å²) in [5, 5.41) is 0. The van der Waals surface area contributed by atoms with Crippen LogP contribution in [0.25, 0.3) is 0 Å². The van der Waals surface area contributed by atoms with Crippen molar-refractivity contribution in [2.24, 2.45) is 22.6 Å². The lowest BCUT2D eigenvalue weighted by molar-refractivity contribution is 0.188. The van der Waals surface area contributed by atoms with Crippen molar-refractivity contribution in [2.45, 2.75) is 38.6 Å². The van der Waals surface area contributed by atoms with E-state index < -0.39 is 0 Å². The van der Waals surface area contributed by atoms with E-state index in [1.54, 1.807) is 0 Å². The van der Waals surface area contributed by atoms with Crippen LogP contribution in [0.4, 0.5) is 0 Å². The second kappa shape index (κ2) is 4.89. The largest absolute Gasteiger partial charge is 0.370 e. The molecule has 2 N–H and O–H groups in total. The quantitative estimate of drug-likeness (QED) is 0.741. The summed E-state index contributed by atoms with van der Waals surface area (Å²) in [4.78, 5) is 6.61. The van der Waals surface area contributed by atoms with Gasteiger partial charge in [0.15, 0.2) is 5.96 Å². The highest BCUT2D eigenvalue weighted by Gasteiger charge is 2.33. The first kappa shape index (κ1) is 11.5. The van der Waals surface area contributed by atoms with Crippen LogP contribution in [0.5, 0.6) is 0 Å². The number of hydrogen-bond donors (Lipinski definition) is 1. The minimum atomic E-state index is 0.533. The molecule has 1 aliphatic heterocycles. The fourth-order valence-corrected chi connectivity index (χ4v) is 2.99. The maximum absolute atomic E-state index is 5.92. The fraction of sp³-hybridized carbons (Fsp3) is 0.769. The normalized spacial score (nSPS) is 34.9.